The van der Waals surface area contributed by atoms with Gasteiger partial charge in [-0.3, -0.25) is 0 Å². The molecule has 1 aromatic heterocycles. The SMILES string of the molecule is COC(=O)c1ccc(C2CC2(Br)C#N)cn1. The maximum Gasteiger partial charge on any atom is 0.356 e. The van der Waals surface area contributed by atoms with Crippen LogP contribution >= 0.6 is 15.9 Å². The molecule has 1 aliphatic rings. The van der Waals surface area contributed by atoms with Gasteiger partial charge in [-0.1, -0.05) is 22.0 Å². The molecule has 0 aromatic carbocycles. The first-order chi connectivity index (χ1) is 7.60. The predicted octanol–water partition coefficient (Wildman–Crippen LogP) is 2.01. The Hall–Kier alpha value is -1.41. The molecule has 0 spiro atoms. The number of carbonyl (C=O) groups is 1. The zero-order valence-electron chi connectivity index (χ0n) is 8.61. The van der Waals surface area contributed by atoms with Crippen molar-refractivity contribution in [1.82, 2.24) is 4.98 Å². The molecule has 0 N–H and O–H groups in total. The second-order valence-corrected chi connectivity index (χ2v) is 5.11. The average molecular weight is 281 g/mol. The number of aromatic nitrogens is 1. The van der Waals surface area contributed by atoms with E-state index < -0.39 is 10.3 Å². The molecule has 0 bridgehead atoms. The first-order valence-electron chi connectivity index (χ1n) is 4.75. The predicted molar refractivity (Wildman–Crippen MR) is 60.2 cm³/mol. The summed E-state index contributed by atoms with van der Waals surface area (Å²) in [5.41, 5.74) is 1.25. The van der Waals surface area contributed by atoms with Gasteiger partial charge in [-0.05, 0) is 18.1 Å². The third-order valence-corrected chi connectivity index (χ3v) is 3.72. The van der Waals surface area contributed by atoms with Crippen LogP contribution in [0, 0.1) is 11.3 Å². The van der Waals surface area contributed by atoms with E-state index in [1.165, 1.54) is 7.11 Å². The lowest BCUT2D eigenvalue weighted by Crippen LogP contribution is -2.04. The van der Waals surface area contributed by atoms with Gasteiger partial charge in [-0.15, -0.1) is 0 Å². The molecule has 0 saturated heterocycles. The van der Waals surface area contributed by atoms with Gasteiger partial charge < -0.3 is 4.74 Å². The van der Waals surface area contributed by atoms with Crippen molar-refractivity contribution in [2.45, 2.75) is 16.7 Å². The number of hydrogen-bond donors (Lipinski definition) is 0. The molecule has 2 atom stereocenters. The maximum absolute atomic E-state index is 11.1. The lowest BCUT2D eigenvalue weighted by Gasteiger charge is -2.01. The van der Waals surface area contributed by atoms with E-state index in [1.807, 2.05) is 6.07 Å². The number of methoxy groups -OCH3 is 1. The summed E-state index contributed by atoms with van der Waals surface area (Å²) in [5.74, 6) is -0.288. The molecule has 1 aromatic rings. The third-order valence-electron chi connectivity index (χ3n) is 2.66. The Balaban J connectivity index is 2.16. The smallest absolute Gasteiger partial charge is 0.356 e. The highest BCUT2D eigenvalue weighted by Gasteiger charge is 2.54. The molecule has 1 aliphatic carbocycles. The molecule has 1 fully saturated rings. The minimum atomic E-state index is -0.451. The summed E-state index contributed by atoms with van der Waals surface area (Å²) in [5, 5.41) is 8.89. The van der Waals surface area contributed by atoms with Crippen LogP contribution in [-0.4, -0.2) is 22.4 Å². The number of halogens is 1. The highest BCUT2D eigenvalue weighted by Crippen LogP contribution is 2.57. The number of alkyl halides is 1. The van der Waals surface area contributed by atoms with E-state index in [9.17, 15) is 4.79 Å². The van der Waals surface area contributed by atoms with E-state index in [0.717, 1.165) is 12.0 Å². The molecule has 5 heteroatoms. The number of rotatable bonds is 2. The van der Waals surface area contributed by atoms with E-state index in [0.29, 0.717) is 0 Å². The Morgan fingerprint density at radius 1 is 1.75 bits per heavy atom. The highest BCUT2D eigenvalue weighted by molar-refractivity contribution is 9.10. The molecule has 1 heterocycles. The summed E-state index contributed by atoms with van der Waals surface area (Å²) in [6.07, 6.45) is 2.40. The summed E-state index contributed by atoms with van der Waals surface area (Å²) in [7, 11) is 1.32. The van der Waals surface area contributed by atoms with Gasteiger partial charge >= 0.3 is 5.97 Å². The van der Waals surface area contributed by atoms with Gasteiger partial charge in [0.15, 0.2) is 0 Å². The molecule has 2 rings (SSSR count). The van der Waals surface area contributed by atoms with Crippen molar-refractivity contribution in [3.63, 3.8) is 0 Å². The number of carbonyl (C=O) groups excluding carboxylic acids is 1. The minimum Gasteiger partial charge on any atom is -0.464 e. The van der Waals surface area contributed by atoms with Crippen LogP contribution in [0.5, 0.6) is 0 Å². The van der Waals surface area contributed by atoms with Crippen molar-refractivity contribution >= 4 is 21.9 Å². The highest BCUT2D eigenvalue weighted by atomic mass is 79.9. The van der Waals surface area contributed by atoms with Crippen molar-refractivity contribution in [2.24, 2.45) is 0 Å². The normalized spacial score (nSPS) is 26.9. The molecule has 0 aliphatic heterocycles. The first-order valence-corrected chi connectivity index (χ1v) is 5.54. The molecule has 1 saturated carbocycles. The van der Waals surface area contributed by atoms with Crippen molar-refractivity contribution in [3.8, 4) is 6.07 Å². The topological polar surface area (TPSA) is 63.0 Å². The average Bonchev–Trinajstić information content (AvgIpc) is 3.02. The Morgan fingerprint density at radius 3 is 2.94 bits per heavy atom. The van der Waals surface area contributed by atoms with Gasteiger partial charge in [-0.2, -0.15) is 5.26 Å². The monoisotopic (exact) mass is 280 g/mol. The second-order valence-electron chi connectivity index (χ2n) is 3.70. The lowest BCUT2D eigenvalue weighted by atomic mass is 10.1. The Bertz CT molecular complexity index is 466. The number of ether oxygens (including phenoxy) is 1. The van der Waals surface area contributed by atoms with Gasteiger partial charge in [0.2, 0.25) is 0 Å². The summed E-state index contributed by atoms with van der Waals surface area (Å²) in [6.45, 7) is 0. The number of esters is 1. The molecule has 82 valence electrons. The molecule has 4 nitrogen and oxygen atoms in total. The van der Waals surface area contributed by atoms with Crippen LogP contribution in [-0.2, 0) is 4.74 Å². The molecular weight excluding hydrogens is 272 g/mol. The largest absolute Gasteiger partial charge is 0.464 e. The van der Waals surface area contributed by atoms with Crippen LogP contribution in [0.3, 0.4) is 0 Å². The number of pyridine rings is 1. The lowest BCUT2D eigenvalue weighted by molar-refractivity contribution is 0.0594. The maximum atomic E-state index is 11.1. The molecule has 0 radical (unpaired) electrons. The van der Waals surface area contributed by atoms with Crippen LogP contribution in [0.4, 0.5) is 0 Å². The fourth-order valence-electron chi connectivity index (χ4n) is 1.58. The van der Waals surface area contributed by atoms with Gasteiger partial charge in [0.25, 0.3) is 0 Å². The van der Waals surface area contributed by atoms with Gasteiger partial charge in [0.05, 0.1) is 13.2 Å². The zero-order valence-corrected chi connectivity index (χ0v) is 10.2. The second kappa shape index (κ2) is 3.87. The number of nitrogens with zero attached hydrogens (tertiary/aromatic N) is 2. The van der Waals surface area contributed by atoms with Crippen molar-refractivity contribution < 1.29 is 9.53 Å². The van der Waals surface area contributed by atoms with Crippen molar-refractivity contribution in [2.75, 3.05) is 7.11 Å². The van der Waals surface area contributed by atoms with E-state index >= 15 is 0 Å². The van der Waals surface area contributed by atoms with E-state index in [4.69, 9.17) is 5.26 Å². The van der Waals surface area contributed by atoms with Crippen molar-refractivity contribution in [1.29, 1.82) is 5.26 Å². The fourth-order valence-corrected chi connectivity index (χ4v) is 2.17. The van der Waals surface area contributed by atoms with E-state index in [-0.39, 0.29) is 11.6 Å². The van der Waals surface area contributed by atoms with Gasteiger partial charge in [0, 0.05) is 12.1 Å². The van der Waals surface area contributed by atoms with Crippen molar-refractivity contribution in [3.05, 3.63) is 29.6 Å². The molecule has 2 unspecified atom stereocenters. The summed E-state index contributed by atoms with van der Waals surface area (Å²) in [4.78, 5) is 15.2. The number of nitriles is 1. The Morgan fingerprint density at radius 2 is 2.50 bits per heavy atom. The van der Waals surface area contributed by atoms with Crippen LogP contribution in [0.1, 0.15) is 28.4 Å². The quantitative estimate of drug-likeness (QED) is 0.614. The fraction of sp³-hybridized carbons (Fsp3) is 0.364. The van der Waals surface area contributed by atoms with Gasteiger partial charge in [-0.25, -0.2) is 9.78 Å². The van der Waals surface area contributed by atoms with Crippen LogP contribution in [0.25, 0.3) is 0 Å². The van der Waals surface area contributed by atoms with Crippen LogP contribution < -0.4 is 0 Å². The summed E-state index contributed by atoms with van der Waals surface area (Å²) < 4.78 is 4.11. The summed E-state index contributed by atoms with van der Waals surface area (Å²) in [6, 6.07) is 5.63. The molecule has 16 heavy (non-hydrogen) atoms. The van der Waals surface area contributed by atoms with E-state index in [2.05, 4.69) is 31.7 Å². The Kier molecular flexibility index (Phi) is 2.68. The van der Waals surface area contributed by atoms with Crippen LogP contribution in [0.15, 0.2) is 18.3 Å². The summed E-state index contributed by atoms with van der Waals surface area (Å²) >= 11 is 3.37. The minimum absolute atomic E-state index is 0.164. The van der Waals surface area contributed by atoms with E-state index in [1.54, 1.807) is 12.3 Å². The third kappa shape index (κ3) is 1.81. The van der Waals surface area contributed by atoms with Crippen LogP contribution in [0.2, 0.25) is 0 Å². The zero-order chi connectivity index (χ0) is 11.8. The first kappa shape index (κ1) is 11.1. The standard InChI is InChI=1S/C11H9BrN2O2/c1-16-10(15)9-3-2-7(5-14-9)8-4-11(8,12)6-13/h2-3,5,8H,4H2,1H3. The number of hydrogen-bond acceptors (Lipinski definition) is 4. The van der Waals surface area contributed by atoms with Gasteiger partial charge in [0.1, 0.15) is 10.0 Å². The molecular formula is C11H9BrN2O2. The molecule has 0 amide bonds. The Labute approximate surface area is 101 Å².